The molecule has 0 spiro atoms. The van der Waals surface area contributed by atoms with Crippen LogP contribution in [-0.2, 0) is 0 Å². The Morgan fingerprint density at radius 3 is 1.57 bits per heavy atom. The standard InChI is InChI=1S/C60H34BN3O3/c1-2-13-35(14-3-1)62-47-20-9-5-17-42(47)56-49(62)31-27-40-38-15-4-8-19-46(38)64(59(40)56)37-26-30-45-55(34-37)66-53-24-12-23-52-58(53)61(45)44-29-25-36(33-54(44)65-52)63-48-21-10-6-18-43(48)57-50(63)32-28-41-39-16-7-11-22-51(39)67-60(41)57/h1-34H. The van der Waals surface area contributed by atoms with Gasteiger partial charge in [0.15, 0.2) is 0 Å². The average molecular weight is 856 g/mol. The zero-order valence-electron chi connectivity index (χ0n) is 35.8. The quantitative estimate of drug-likeness (QED) is 0.166. The molecule has 0 saturated carbocycles. The van der Waals surface area contributed by atoms with Gasteiger partial charge in [0.05, 0.1) is 38.5 Å². The van der Waals surface area contributed by atoms with Gasteiger partial charge in [-0.15, -0.1) is 0 Å². The molecular weight excluding hydrogens is 821 g/mol. The first-order chi connectivity index (χ1) is 33.2. The van der Waals surface area contributed by atoms with Gasteiger partial charge in [-0.25, -0.2) is 0 Å². The molecule has 6 heterocycles. The lowest BCUT2D eigenvalue weighted by Gasteiger charge is -2.33. The predicted octanol–water partition coefficient (Wildman–Crippen LogP) is 13.6. The van der Waals surface area contributed by atoms with Gasteiger partial charge in [0, 0.05) is 72.4 Å². The van der Waals surface area contributed by atoms with Crippen molar-refractivity contribution in [3.8, 4) is 40.1 Å². The Hall–Kier alpha value is -8.94. The third-order valence-electron chi connectivity index (χ3n) is 14.6. The van der Waals surface area contributed by atoms with E-state index in [9.17, 15) is 0 Å². The Balaban J connectivity index is 0.889. The van der Waals surface area contributed by atoms with Gasteiger partial charge in [-0.1, -0.05) is 115 Å². The molecule has 0 amide bonds. The summed E-state index contributed by atoms with van der Waals surface area (Å²) in [6.45, 7) is -0.0937. The zero-order chi connectivity index (χ0) is 43.5. The van der Waals surface area contributed by atoms with Crippen molar-refractivity contribution in [3.63, 3.8) is 0 Å². The number of aromatic nitrogens is 3. The number of furan rings is 1. The van der Waals surface area contributed by atoms with E-state index < -0.39 is 0 Å². The van der Waals surface area contributed by atoms with Crippen molar-refractivity contribution in [2.24, 2.45) is 0 Å². The summed E-state index contributed by atoms with van der Waals surface area (Å²) in [5.41, 5.74) is 15.1. The van der Waals surface area contributed by atoms with Crippen molar-refractivity contribution in [1.82, 2.24) is 13.7 Å². The normalized spacial score (nSPS) is 13.0. The second-order valence-corrected chi connectivity index (χ2v) is 17.9. The van der Waals surface area contributed by atoms with Crippen LogP contribution in [0.4, 0.5) is 0 Å². The number of fused-ring (bicyclic) bond motifs is 18. The Morgan fingerprint density at radius 1 is 0.328 bits per heavy atom. The van der Waals surface area contributed by atoms with E-state index in [0.29, 0.717) is 0 Å². The highest BCUT2D eigenvalue weighted by atomic mass is 16.5. The lowest BCUT2D eigenvalue weighted by molar-refractivity contribution is 0.464. The maximum Gasteiger partial charge on any atom is 0.260 e. The van der Waals surface area contributed by atoms with Gasteiger partial charge in [-0.05, 0) is 89.8 Å². The molecule has 10 aromatic carbocycles. The first kappa shape index (κ1) is 35.4. The fourth-order valence-corrected chi connectivity index (χ4v) is 11.8. The summed E-state index contributed by atoms with van der Waals surface area (Å²) in [7, 11) is 0. The molecule has 16 rings (SSSR count). The van der Waals surface area contributed by atoms with Crippen molar-refractivity contribution in [3.05, 3.63) is 206 Å². The van der Waals surface area contributed by atoms with Crippen LogP contribution in [0.25, 0.3) is 104 Å². The first-order valence-electron chi connectivity index (χ1n) is 22.9. The van der Waals surface area contributed by atoms with Crippen LogP contribution in [0.3, 0.4) is 0 Å². The Kier molecular flexibility index (Phi) is 6.80. The van der Waals surface area contributed by atoms with E-state index in [-0.39, 0.29) is 6.71 Å². The maximum atomic E-state index is 6.95. The van der Waals surface area contributed by atoms with Crippen LogP contribution < -0.4 is 25.9 Å². The van der Waals surface area contributed by atoms with Gasteiger partial charge < -0.3 is 27.6 Å². The highest BCUT2D eigenvalue weighted by Gasteiger charge is 2.40. The zero-order valence-corrected chi connectivity index (χ0v) is 35.8. The molecule has 310 valence electrons. The van der Waals surface area contributed by atoms with Crippen molar-refractivity contribution in [1.29, 1.82) is 0 Å². The summed E-state index contributed by atoms with van der Waals surface area (Å²) in [6.07, 6.45) is 0. The number of hydrogen-bond donors (Lipinski definition) is 0. The molecule has 0 atom stereocenters. The van der Waals surface area contributed by atoms with Crippen molar-refractivity contribution >= 4 is 110 Å². The van der Waals surface area contributed by atoms with Crippen molar-refractivity contribution in [2.45, 2.75) is 0 Å². The average Bonchev–Trinajstić information content (AvgIpc) is 4.12. The molecule has 0 unspecified atom stereocenters. The van der Waals surface area contributed by atoms with Crippen LogP contribution >= 0.6 is 0 Å². The molecule has 14 aromatic rings. The molecule has 4 aromatic heterocycles. The summed E-state index contributed by atoms with van der Waals surface area (Å²) in [6, 6.07) is 73.8. The highest BCUT2D eigenvalue weighted by Crippen LogP contribution is 2.45. The molecular formula is C60H34BN3O3. The summed E-state index contributed by atoms with van der Waals surface area (Å²) < 4.78 is 27.6. The number of benzene rings is 10. The van der Waals surface area contributed by atoms with Gasteiger partial charge in [0.25, 0.3) is 6.71 Å². The molecule has 67 heavy (non-hydrogen) atoms. The minimum atomic E-state index is -0.0937. The molecule has 7 heteroatoms. The highest BCUT2D eigenvalue weighted by molar-refractivity contribution is 6.98. The second-order valence-electron chi connectivity index (χ2n) is 17.9. The predicted molar refractivity (Wildman–Crippen MR) is 274 cm³/mol. The molecule has 6 nitrogen and oxygen atoms in total. The van der Waals surface area contributed by atoms with Crippen LogP contribution in [0.1, 0.15) is 0 Å². The van der Waals surface area contributed by atoms with E-state index in [0.717, 1.165) is 106 Å². The van der Waals surface area contributed by atoms with Crippen LogP contribution in [-0.4, -0.2) is 20.4 Å². The van der Waals surface area contributed by atoms with Crippen molar-refractivity contribution in [2.75, 3.05) is 0 Å². The largest absolute Gasteiger partial charge is 0.458 e. The Morgan fingerprint density at radius 2 is 0.866 bits per heavy atom. The van der Waals surface area contributed by atoms with E-state index in [4.69, 9.17) is 13.9 Å². The van der Waals surface area contributed by atoms with E-state index >= 15 is 0 Å². The summed E-state index contributed by atoms with van der Waals surface area (Å²) in [5, 5.41) is 9.37. The van der Waals surface area contributed by atoms with Gasteiger partial charge in [-0.2, -0.15) is 0 Å². The summed E-state index contributed by atoms with van der Waals surface area (Å²) in [4.78, 5) is 0. The monoisotopic (exact) mass is 855 g/mol. The van der Waals surface area contributed by atoms with Crippen LogP contribution in [0.2, 0.25) is 0 Å². The minimum absolute atomic E-state index is 0.0937. The molecule has 2 aliphatic heterocycles. The topological polar surface area (TPSA) is 46.4 Å². The Labute approximate surface area is 382 Å². The summed E-state index contributed by atoms with van der Waals surface area (Å²) >= 11 is 0. The lowest BCUT2D eigenvalue weighted by Crippen LogP contribution is -2.57. The summed E-state index contributed by atoms with van der Waals surface area (Å²) in [5.74, 6) is 3.30. The minimum Gasteiger partial charge on any atom is -0.458 e. The smallest absolute Gasteiger partial charge is 0.260 e. The maximum absolute atomic E-state index is 6.95. The van der Waals surface area contributed by atoms with E-state index in [1.807, 2.05) is 18.2 Å². The lowest BCUT2D eigenvalue weighted by atomic mass is 9.35. The SMILES string of the molecule is c1ccc(-n2c3ccccc3c3c2ccc2c4ccccc4n(-c4ccc5c(c4)Oc4cccc6c4B5c4ccc(-n5c7ccccc7c7c8oc9ccccc9c8ccc75)cc4O6)c23)cc1. The third kappa shape index (κ3) is 4.64. The first-order valence-corrected chi connectivity index (χ1v) is 22.9. The van der Waals surface area contributed by atoms with Gasteiger partial charge in [-0.3, -0.25) is 0 Å². The number of nitrogens with zero attached hydrogens (tertiary/aromatic N) is 3. The molecule has 0 aliphatic carbocycles. The van der Waals surface area contributed by atoms with Crippen LogP contribution in [0.5, 0.6) is 23.0 Å². The van der Waals surface area contributed by atoms with E-state index in [1.165, 1.54) is 38.1 Å². The molecule has 0 saturated heterocycles. The number of para-hydroxylation sites is 5. The number of hydrogen-bond acceptors (Lipinski definition) is 3. The van der Waals surface area contributed by atoms with Crippen LogP contribution in [0.15, 0.2) is 211 Å². The number of rotatable bonds is 3. The molecule has 0 fully saturated rings. The van der Waals surface area contributed by atoms with Crippen LogP contribution in [0, 0.1) is 0 Å². The van der Waals surface area contributed by atoms with Gasteiger partial charge in [0.1, 0.15) is 34.2 Å². The Bertz CT molecular complexity index is 4480. The molecule has 0 bridgehead atoms. The fourth-order valence-electron chi connectivity index (χ4n) is 11.8. The molecule has 2 aliphatic rings. The number of ether oxygens (including phenoxy) is 2. The van der Waals surface area contributed by atoms with E-state index in [1.54, 1.807) is 0 Å². The van der Waals surface area contributed by atoms with Crippen molar-refractivity contribution < 1.29 is 13.9 Å². The van der Waals surface area contributed by atoms with Gasteiger partial charge >= 0.3 is 0 Å². The second kappa shape index (κ2) is 12.9. The molecule has 0 N–H and O–H groups in total. The molecule has 0 radical (unpaired) electrons. The third-order valence-corrected chi connectivity index (χ3v) is 14.6. The van der Waals surface area contributed by atoms with E-state index in [2.05, 4.69) is 202 Å². The fraction of sp³-hybridized carbons (Fsp3) is 0. The van der Waals surface area contributed by atoms with Gasteiger partial charge in [0.2, 0.25) is 0 Å².